The Morgan fingerprint density at radius 2 is 2.06 bits per heavy atom. The Hall–Kier alpha value is -1.64. The maximum Gasteiger partial charge on any atom is 0.152 e. The number of pyridine rings is 1. The number of hydrogen-bond donors (Lipinski definition) is 1. The summed E-state index contributed by atoms with van der Waals surface area (Å²) in [6.07, 6.45) is 0.859. The van der Waals surface area contributed by atoms with Crippen LogP contribution in [0.5, 0.6) is 0 Å². The van der Waals surface area contributed by atoms with E-state index in [1.807, 2.05) is 19.2 Å². The Morgan fingerprint density at radius 3 is 2.67 bits per heavy atom. The summed E-state index contributed by atoms with van der Waals surface area (Å²) in [6.45, 7) is 6.04. The van der Waals surface area contributed by atoms with E-state index >= 15 is 0 Å². The van der Waals surface area contributed by atoms with E-state index in [1.165, 1.54) is 0 Å². The molecular formula is C15H19FN2. The van der Waals surface area contributed by atoms with Crippen molar-refractivity contribution in [2.75, 3.05) is 12.4 Å². The summed E-state index contributed by atoms with van der Waals surface area (Å²) in [6, 6.07) is 5.73. The molecule has 0 fully saturated rings. The van der Waals surface area contributed by atoms with Crippen molar-refractivity contribution in [1.82, 2.24) is 4.98 Å². The van der Waals surface area contributed by atoms with Gasteiger partial charge in [-0.3, -0.25) is 0 Å². The first-order chi connectivity index (χ1) is 8.52. The Labute approximate surface area is 107 Å². The zero-order valence-electron chi connectivity index (χ0n) is 11.3. The van der Waals surface area contributed by atoms with Crippen LogP contribution >= 0.6 is 0 Å². The zero-order valence-corrected chi connectivity index (χ0v) is 11.3. The molecule has 1 heterocycles. The Bertz CT molecular complexity index is 576. The number of nitrogens with one attached hydrogen (secondary N) is 1. The summed E-state index contributed by atoms with van der Waals surface area (Å²) in [5.74, 6) is 0.294. The third-order valence-electron chi connectivity index (χ3n) is 3.05. The van der Waals surface area contributed by atoms with Crippen LogP contribution in [-0.4, -0.2) is 12.0 Å². The van der Waals surface area contributed by atoms with Crippen molar-refractivity contribution in [3.8, 4) is 0 Å². The second-order valence-electron chi connectivity index (χ2n) is 5.10. The topological polar surface area (TPSA) is 24.9 Å². The van der Waals surface area contributed by atoms with Crippen LogP contribution in [0.1, 0.15) is 25.1 Å². The molecule has 0 aliphatic heterocycles. The number of aromatic nitrogens is 1. The molecule has 0 bridgehead atoms. The summed E-state index contributed by atoms with van der Waals surface area (Å²) < 4.78 is 14.1. The molecule has 2 rings (SSSR count). The molecule has 0 radical (unpaired) electrons. The zero-order chi connectivity index (χ0) is 13.3. The number of benzene rings is 1. The fraction of sp³-hybridized carbons (Fsp3) is 0.400. The molecule has 0 spiro atoms. The lowest BCUT2D eigenvalue weighted by Gasteiger charge is -2.12. The molecule has 96 valence electrons. The largest absolute Gasteiger partial charge is 0.388 e. The molecular weight excluding hydrogens is 227 g/mol. The minimum absolute atomic E-state index is 0.213. The fourth-order valence-corrected chi connectivity index (χ4v) is 2.14. The highest BCUT2D eigenvalue weighted by molar-refractivity contribution is 5.92. The summed E-state index contributed by atoms with van der Waals surface area (Å²) in [7, 11) is 1.85. The molecule has 2 aromatic rings. The van der Waals surface area contributed by atoms with E-state index in [0.717, 1.165) is 23.2 Å². The molecule has 1 aromatic carbocycles. The molecule has 3 heteroatoms. The highest BCUT2D eigenvalue weighted by Crippen LogP contribution is 2.27. The quantitative estimate of drug-likeness (QED) is 0.887. The number of fused-ring (bicyclic) bond motifs is 1. The van der Waals surface area contributed by atoms with Gasteiger partial charge in [-0.1, -0.05) is 26.0 Å². The van der Waals surface area contributed by atoms with Gasteiger partial charge in [0.15, 0.2) is 5.82 Å². The van der Waals surface area contributed by atoms with E-state index in [4.69, 9.17) is 0 Å². The number of nitrogens with zero attached hydrogens (tertiary/aromatic N) is 1. The van der Waals surface area contributed by atoms with E-state index in [-0.39, 0.29) is 5.82 Å². The van der Waals surface area contributed by atoms with Crippen molar-refractivity contribution >= 4 is 16.6 Å². The van der Waals surface area contributed by atoms with Gasteiger partial charge in [-0.15, -0.1) is 0 Å². The lowest BCUT2D eigenvalue weighted by molar-refractivity contribution is 0.620. The van der Waals surface area contributed by atoms with E-state index in [2.05, 4.69) is 24.1 Å². The average Bonchev–Trinajstić information content (AvgIpc) is 2.32. The van der Waals surface area contributed by atoms with E-state index in [0.29, 0.717) is 17.0 Å². The van der Waals surface area contributed by atoms with Crippen molar-refractivity contribution < 1.29 is 4.39 Å². The van der Waals surface area contributed by atoms with Crippen LogP contribution in [-0.2, 0) is 6.42 Å². The number of halogens is 1. The number of rotatable bonds is 3. The minimum Gasteiger partial charge on any atom is -0.388 e. The van der Waals surface area contributed by atoms with Crippen molar-refractivity contribution in [2.45, 2.75) is 27.2 Å². The van der Waals surface area contributed by atoms with Crippen LogP contribution in [0, 0.1) is 18.7 Å². The van der Waals surface area contributed by atoms with Gasteiger partial charge in [0.05, 0.1) is 0 Å². The van der Waals surface area contributed by atoms with Gasteiger partial charge < -0.3 is 5.32 Å². The van der Waals surface area contributed by atoms with Gasteiger partial charge in [0.25, 0.3) is 0 Å². The first-order valence-electron chi connectivity index (χ1n) is 6.29. The standard InChI is InChI=1S/C15H19FN2/c1-9(2)7-11-8-13(17-4)12-6-5-10(3)14(16)15(12)18-11/h5-6,8-9H,7H2,1-4H3,(H,17,18). The van der Waals surface area contributed by atoms with Gasteiger partial charge in [-0.25, -0.2) is 9.37 Å². The molecule has 0 saturated carbocycles. The molecule has 0 atom stereocenters. The smallest absolute Gasteiger partial charge is 0.152 e. The van der Waals surface area contributed by atoms with Gasteiger partial charge in [0, 0.05) is 23.8 Å². The first-order valence-corrected chi connectivity index (χ1v) is 6.29. The van der Waals surface area contributed by atoms with Gasteiger partial charge in [0.2, 0.25) is 0 Å². The van der Waals surface area contributed by atoms with Crippen molar-refractivity contribution in [2.24, 2.45) is 5.92 Å². The lowest BCUT2D eigenvalue weighted by Crippen LogP contribution is -2.02. The summed E-state index contributed by atoms with van der Waals surface area (Å²) >= 11 is 0. The SMILES string of the molecule is CNc1cc(CC(C)C)nc2c(F)c(C)ccc12. The molecule has 0 amide bonds. The lowest BCUT2D eigenvalue weighted by atomic mass is 10.0. The molecule has 18 heavy (non-hydrogen) atoms. The van der Waals surface area contributed by atoms with Crippen molar-refractivity contribution in [1.29, 1.82) is 0 Å². The Balaban J connectivity index is 2.68. The third-order valence-corrected chi connectivity index (χ3v) is 3.05. The van der Waals surface area contributed by atoms with Crippen LogP contribution in [0.3, 0.4) is 0 Å². The van der Waals surface area contributed by atoms with Crippen LogP contribution < -0.4 is 5.32 Å². The van der Waals surface area contributed by atoms with Crippen LogP contribution in [0.2, 0.25) is 0 Å². The predicted molar refractivity (Wildman–Crippen MR) is 74.5 cm³/mol. The number of aryl methyl sites for hydroxylation is 1. The first kappa shape index (κ1) is 12.8. The van der Waals surface area contributed by atoms with Gasteiger partial charge in [0.1, 0.15) is 5.52 Å². The average molecular weight is 246 g/mol. The normalized spacial score (nSPS) is 11.2. The van der Waals surface area contributed by atoms with Gasteiger partial charge in [-0.05, 0) is 30.9 Å². The van der Waals surface area contributed by atoms with Crippen molar-refractivity contribution in [3.05, 3.63) is 35.3 Å². The Kier molecular flexibility index (Phi) is 3.50. The maximum atomic E-state index is 14.1. The summed E-state index contributed by atoms with van der Waals surface area (Å²) in [4.78, 5) is 4.47. The number of hydrogen-bond acceptors (Lipinski definition) is 2. The monoisotopic (exact) mass is 246 g/mol. The minimum atomic E-state index is -0.213. The highest BCUT2D eigenvalue weighted by Gasteiger charge is 2.11. The van der Waals surface area contributed by atoms with E-state index in [1.54, 1.807) is 13.0 Å². The maximum absolute atomic E-state index is 14.1. The Morgan fingerprint density at radius 1 is 1.33 bits per heavy atom. The van der Waals surface area contributed by atoms with Crippen LogP contribution in [0.4, 0.5) is 10.1 Å². The summed E-state index contributed by atoms with van der Waals surface area (Å²) in [5.41, 5.74) is 2.98. The third kappa shape index (κ3) is 2.30. The predicted octanol–water partition coefficient (Wildman–Crippen LogP) is 3.92. The van der Waals surface area contributed by atoms with Crippen LogP contribution in [0.15, 0.2) is 18.2 Å². The fourth-order valence-electron chi connectivity index (χ4n) is 2.14. The summed E-state index contributed by atoms with van der Waals surface area (Å²) in [5, 5.41) is 3.96. The molecule has 1 aromatic heterocycles. The van der Waals surface area contributed by atoms with E-state index in [9.17, 15) is 4.39 Å². The molecule has 1 N–H and O–H groups in total. The number of anilines is 1. The second-order valence-corrected chi connectivity index (χ2v) is 5.10. The highest BCUT2D eigenvalue weighted by atomic mass is 19.1. The molecule has 0 aliphatic carbocycles. The van der Waals surface area contributed by atoms with Gasteiger partial charge in [-0.2, -0.15) is 0 Å². The molecule has 2 nitrogen and oxygen atoms in total. The van der Waals surface area contributed by atoms with E-state index < -0.39 is 0 Å². The molecule has 0 aliphatic rings. The molecule has 0 unspecified atom stereocenters. The van der Waals surface area contributed by atoms with Crippen molar-refractivity contribution in [3.63, 3.8) is 0 Å². The second kappa shape index (κ2) is 4.92. The molecule has 0 saturated heterocycles. The van der Waals surface area contributed by atoms with Crippen LogP contribution in [0.25, 0.3) is 10.9 Å². The van der Waals surface area contributed by atoms with Gasteiger partial charge >= 0.3 is 0 Å².